The van der Waals surface area contributed by atoms with Gasteiger partial charge in [0, 0.05) is 43.0 Å². The van der Waals surface area contributed by atoms with Gasteiger partial charge in [-0.05, 0) is 24.1 Å². The van der Waals surface area contributed by atoms with Crippen LogP contribution in [0.2, 0.25) is 0 Å². The summed E-state index contributed by atoms with van der Waals surface area (Å²) in [6.45, 7) is 3.97. The third-order valence-corrected chi connectivity index (χ3v) is 5.58. The first-order valence-electron chi connectivity index (χ1n) is 11.1. The number of imidazole rings is 1. The van der Waals surface area contributed by atoms with Crippen molar-refractivity contribution in [2.24, 2.45) is 0 Å². The second-order valence-corrected chi connectivity index (χ2v) is 7.81. The first-order valence-corrected chi connectivity index (χ1v) is 11.1. The quantitative estimate of drug-likeness (QED) is 0.358. The Morgan fingerprint density at radius 3 is 2.32 bits per heavy atom. The van der Waals surface area contributed by atoms with E-state index < -0.39 is 0 Å². The number of rotatable bonds is 10. The van der Waals surface area contributed by atoms with E-state index in [0.29, 0.717) is 0 Å². The summed E-state index contributed by atoms with van der Waals surface area (Å²) in [6.07, 6.45) is 7.03. The number of hydrogen-bond donors (Lipinski definition) is 1. The number of hydrogen-bond acceptors (Lipinski definition) is 3. The SMILES string of the molecule is CCCCn1c(CNC(Cc2ccccn2)c2ccccc2)cnc1-c1ccccc1. The van der Waals surface area contributed by atoms with Crippen LogP contribution < -0.4 is 5.32 Å². The van der Waals surface area contributed by atoms with Crippen molar-refractivity contribution in [1.29, 1.82) is 0 Å². The van der Waals surface area contributed by atoms with Gasteiger partial charge in [0.2, 0.25) is 0 Å². The summed E-state index contributed by atoms with van der Waals surface area (Å²) in [7, 11) is 0. The number of nitrogens with zero attached hydrogens (tertiary/aromatic N) is 3. The number of nitrogens with one attached hydrogen (secondary N) is 1. The Kier molecular flexibility index (Phi) is 7.24. The normalized spacial score (nSPS) is 12.0. The van der Waals surface area contributed by atoms with Gasteiger partial charge in [-0.25, -0.2) is 4.98 Å². The molecule has 1 unspecified atom stereocenters. The van der Waals surface area contributed by atoms with Gasteiger partial charge in [0.1, 0.15) is 5.82 Å². The fourth-order valence-corrected chi connectivity index (χ4v) is 3.88. The molecule has 0 saturated heterocycles. The molecule has 0 aliphatic heterocycles. The minimum atomic E-state index is 0.186. The highest BCUT2D eigenvalue weighted by atomic mass is 15.1. The van der Waals surface area contributed by atoms with Crippen molar-refractivity contribution in [1.82, 2.24) is 19.9 Å². The minimum Gasteiger partial charge on any atom is -0.327 e. The van der Waals surface area contributed by atoms with Crippen LogP contribution in [0, 0.1) is 0 Å². The molecule has 4 aromatic rings. The van der Waals surface area contributed by atoms with E-state index in [-0.39, 0.29) is 6.04 Å². The van der Waals surface area contributed by atoms with E-state index in [2.05, 4.69) is 88.5 Å². The van der Waals surface area contributed by atoms with Gasteiger partial charge in [-0.15, -0.1) is 0 Å². The summed E-state index contributed by atoms with van der Waals surface area (Å²) in [5, 5.41) is 3.78. The Hall–Kier alpha value is -3.24. The van der Waals surface area contributed by atoms with E-state index in [9.17, 15) is 0 Å². The van der Waals surface area contributed by atoms with E-state index in [1.54, 1.807) is 0 Å². The average Bonchev–Trinajstić information content (AvgIpc) is 3.24. The lowest BCUT2D eigenvalue weighted by Crippen LogP contribution is -2.24. The molecule has 0 spiro atoms. The zero-order valence-corrected chi connectivity index (χ0v) is 18.1. The number of pyridine rings is 1. The lowest BCUT2D eigenvalue weighted by molar-refractivity contribution is 0.503. The first kappa shape index (κ1) is 21.0. The minimum absolute atomic E-state index is 0.186. The first-order chi connectivity index (χ1) is 15.3. The highest BCUT2D eigenvalue weighted by molar-refractivity contribution is 5.55. The van der Waals surface area contributed by atoms with E-state index in [4.69, 9.17) is 4.98 Å². The smallest absolute Gasteiger partial charge is 0.140 e. The van der Waals surface area contributed by atoms with Gasteiger partial charge in [0.05, 0.1) is 11.9 Å². The van der Waals surface area contributed by atoms with Gasteiger partial charge in [-0.3, -0.25) is 4.98 Å². The predicted molar refractivity (Wildman–Crippen MR) is 127 cm³/mol. The lowest BCUT2D eigenvalue weighted by Gasteiger charge is -2.20. The third-order valence-electron chi connectivity index (χ3n) is 5.58. The van der Waals surface area contributed by atoms with Crippen LogP contribution in [0.15, 0.2) is 91.3 Å². The van der Waals surface area contributed by atoms with Crippen LogP contribution in [-0.2, 0) is 19.5 Å². The highest BCUT2D eigenvalue weighted by Crippen LogP contribution is 2.22. The Bertz CT molecular complexity index is 1040. The van der Waals surface area contributed by atoms with Crippen LogP contribution >= 0.6 is 0 Å². The summed E-state index contributed by atoms with van der Waals surface area (Å²) in [5.74, 6) is 1.05. The van der Waals surface area contributed by atoms with Gasteiger partial charge in [-0.2, -0.15) is 0 Å². The molecule has 0 fully saturated rings. The van der Waals surface area contributed by atoms with Gasteiger partial charge < -0.3 is 9.88 Å². The molecule has 1 N–H and O–H groups in total. The van der Waals surface area contributed by atoms with Crippen molar-refractivity contribution in [3.8, 4) is 11.4 Å². The van der Waals surface area contributed by atoms with Crippen LogP contribution in [0.25, 0.3) is 11.4 Å². The topological polar surface area (TPSA) is 42.7 Å². The average molecular weight is 411 g/mol. The van der Waals surface area contributed by atoms with Crippen molar-refractivity contribution < 1.29 is 0 Å². The molecule has 0 radical (unpaired) electrons. The molecule has 0 aliphatic rings. The molecule has 1 atom stereocenters. The molecule has 2 aromatic heterocycles. The van der Waals surface area contributed by atoms with Crippen LogP contribution in [0.3, 0.4) is 0 Å². The van der Waals surface area contributed by atoms with Crippen LogP contribution in [0.5, 0.6) is 0 Å². The Morgan fingerprint density at radius 1 is 0.871 bits per heavy atom. The number of benzene rings is 2. The molecule has 4 nitrogen and oxygen atoms in total. The fourth-order valence-electron chi connectivity index (χ4n) is 3.88. The summed E-state index contributed by atoms with van der Waals surface area (Å²) in [4.78, 5) is 9.33. The summed E-state index contributed by atoms with van der Waals surface area (Å²) in [5.41, 5.74) is 4.75. The summed E-state index contributed by atoms with van der Waals surface area (Å²) >= 11 is 0. The highest BCUT2D eigenvalue weighted by Gasteiger charge is 2.16. The van der Waals surface area contributed by atoms with Gasteiger partial charge in [0.15, 0.2) is 0 Å². The number of aromatic nitrogens is 3. The molecule has 0 aliphatic carbocycles. The summed E-state index contributed by atoms with van der Waals surface area (Å²) < 4.78 is 2.37. The number of unbranched alkanes of at least 4 members (excludes halogenated alkanes) is 1. The lowest BCUT2D eigenvalue weighted by atomic mass is 10.0. The van der Waals surface area contributed by atoms with Crippen LogP contribution in [-0.4, -0.2) is 14.5 Å². The molecule has 158 valence electrons. The molecule has 0 bridgehead atoms. The van der Waals surface area contributed by atoms with Crippen LogP contribution in [0.4, 0.5) is 0 Å². The van der Waals surface area contributed by atoms with E-state index in [1.807, 2.05) is 24.5 Å². The Labute approximate surface area is 185 Å². The zero-order valence-electron chi connectivity index (χ0n) is 18.1. The molecular formula is C27H30N4. The Balaban J connectivity index is 1.57. The fraction of sp³-hybridized carbons (Fsp3) is 0.259. The van der Waals surface area contributed by atoms with Crippen molar-refractivity contribution in [3.05, 3.63) is 108 Å². The summed E-state index contributed by atoms with van der Waals surface area (Å²) in [6, 6.07) is 27.4. The van der Waals surface area contributed by atoms with Crippen molar-refractivity contribution in [2.45, 2.75) is 45.3 Å². The predicted octanol–water partition coefficient (Wildman–Crippen LogP) is 5.82. The monoisotopic (exact) mass is 410 g/mol. The van der Waals surface area contributed by atoms with Gasteiger partial charge >= 0.3 is 0 Å². The molecule has 2 aromatic carbocycles. The zero-order chi connectivity index (χ0) is 21.3. The maximum absolute atomic E-state index is 4.78. The molecule has 4 rings (SSSR count). The van der Waals surface area contributed by atoms with Gasteiger partial charge in [-0.1, -0.05) is 80.1 Å². The second-order valence-electron chi connectivity index (χ2n) is 7.81. The molecule has 31 heavy (non-hydrogen) atoms. The van der Waals surface area contributed by atoms with Crippen molar-refractivity contribution >= 4 is 0 Å². The maximum Gasteiger partial charge on any atom is 0.140 e. The molecule has 0 amide bonds. The molecular weight excluding hydrogens is 380 g/mol. The molecule has 2 heterocycles. The van der Waals surface area contributed by atoms with Gasteiger partial charge in [0.25, 0.3) is 0 Å². The van der Waals surface area contributed by atoms with Crippen LogP contribution in [0.1, 0.15) is 42.8 Å². The third kappa shape index (κ3) is 5.47. The molecule has 4 heteroatoms. The van der Waals surface area contributed by atoms with E-state index >= 15 is 0 Å². The largest absolute Gasteiger partial charge is 0.327 e. The molecule has 0 saturated carbocycles. The Morgan fingerprint density at radius 2 is 1.61 bits per heavy atom. The van der Waals surface area contributed by atoms with E-state index in [1.165, 1.54) is 11.3 Å². The standard InChI is InChI=1S/C27H30N4/c1-2-3-18-31-25(21-30-27(31)23-14-8-5-9-15-23)20-29-26(22-12-6-4-7-13-22)19-24-16-10-11-17-28-24/h4-17,21,26,29H,2-3,18-20H2,1H3. The second kappa shape index (κ2) is 10.7. The van der Waals surface area contributed by atoms with Crippen molar-refractivity contribution in [3.63, 3.8) is 0 Å². The maximum atomic E-state index is 4.78. The van der Waals surface area contributed by atoms with E-state index in [0.717, 1.165) is 49.4 Å². The van der Waals surface area contributed by atoms with Crippen molar-refractivity contribution in [2.75, 3.05) is 0 Å².